The highest BCUT2D eigenvalue weighted by Crippen LogP contribution is 2.19. The van der Waals surface area contributed by atoms with E-state index in [0.29, 0.717) is 17.3 Å². The molecule has 1 aromatic heterocycles. The van der Waals surface area contributed by atoms with Crippen LogP contribution in [-0.4, -0.2) is 5.11 Å². The Hall–Kier alpha value is -1.59. The minimum atomic E-state index is -0.461. The Morgan fingerprint density at radius 1 is 1.37 bits per heavy atom. The van der Waals surface area contributed by atoms with Gasteiger partial charge in [0.1, 0.15) is 17.3 Å². The normalized spacial score (nSPS) is 10.3. The molecule has 3 nitrogen and oxygen atoms in total. The highest BCUT2D eigenvalue weighted by Gasteiger charge is 2.03. The maximum Gasteiger partial charge on any atom is 0.171 e. The predicted octanol–water partition coefficient (Wildman–Crippen LogP) is 3.87. The first-order valence-corrected chi connectivity index (χ1v) is 6.38. The van der Waals surface area contributed by atoms with Gasteiger partial charge in [0.05, 0.1) is 11.6 Å². The van der Waals surface area contributed by atoms with Crippen LogP contribution in [-0.2, 0) is 6.54 Å². The molecule has 0 saturated carbocycles. The molecule has 0 spiro atoms. The van der Waals surface area contributed by atoms with Crippen molar-refractivity contribution in [2.24, 2.45) is 0 Å². The number of nitrogens with one attached hydrogen (secondary N) is 2. The number of hydrogen-bond acceptors (Lipinski definition) is 2. The Morgan fingerprint density at radius 2 is 2.16 bits per heavy atom. The molecule has 0 amide bonds. The summed E-state index contributed by atoms with van der Waals surface area (Å²) in [7, 11) is 0. The topological polar surface area (TPSA) is 37.2 Å². The highest BCUT2D eigenvalue weighted by atomic mass is 35.5. The van der Waals surface area contributed by atoms with Gasteiger partial charge in [0.15, 0.2) is 5.11 Å². The largest absolute Gasteiger partial charge is 0.465 e. The van der Waals surface area contributed by atoms with Crippen molar-refractivity contribution >= 4 is 34.6 Å². The second-order valence-electron chi connectivity index (χ2n) is 3.95. The molecule has 0 radical (unpaired) electrons. The highest BCUT2D eigenvalue weighted by molar-refractivity contribution is 7.80. The first-order valence-electron chi connectivity index (χ1n) is 5.60. The molecule has 1 aromatic carbocycles. The van der Waals surface area contributed by atoms with Crippen molar-refractivity contribution in [1.29, 1.82) is 0 Å². The van der Waals surface area contributed by atoms with Gasteiger partial charge in [-0.3, -0.25) is 0 Å². The molecule has 0 aliphatic heterocycles. The Balaban J connectivity index is 1.88. The fraction of sp³-hybridized carbons (Fsp3) is 0.154. The minimum Gasteiger partial charge on any atom is -0.465 e. The fourth-order valence-corrected chi connectivity index (χ4v) is 1.87. The molecule has 0 atom stereocenters. The lowest BCUT2D eigenvalue weighted by atomic mass is 10.3. The maximum atomic E-state index is 13.0. The van der Waals surface area contributed by atoms with Crippen LogP contribution in [0.3, 0.4) is 0 Å². The molecule has 0 unspecified atom stereocenters. The van der Waals surface area contributed by atoms with Crippen molar-refractivity contribution in [3.63, 3.8) is 0 Å². The molecule has 0 aliphatic rings. The lowest BCUT2D eigenvalue weighted by Gasteiger charge is -2.09. The van der Waals surface area contributed by atoms with Crippen molar-refractivity contribution < 1.29 is 8.81 Å². The third-order valence-corrected chi connectivity index (χ3v) is 2.93. The third kappa shape index (κ3) is 3.94. The van der Waals surface area contributed by atoms with E-state index in [0.717, 1.165) is 11.5 Å². The summed E-state index contributed by atoms with van der Waals surface area (Å²) in [6.07, 6.45) is 0. The fourth-order valence-electron chi connectivity index (χ4n) is 1.50. The molecule has 2 rings (SSSR count). The lowest BCUT2D eigenvalue weighted by Crippen LogP contribution is -2.27. The average Bonchev–Trinajstić information content (AvgIpc) is 2.77. The molecule has 0 fully saturated rings. The van der Waals surface area contributed by atoms with Crippen molar-refractivity contribution in [2.45, 2.75) is 13.5 Å². The van der Waals surface area contributed by atoms with Crippen molar-refractivity contribution in [1.82, 2.24) is 5.32 Å². The molecule has 100 valence electrons. The summed E-state index contributed by atoms with van der Waals surface area (Å²) in [5, 5.41) is 6.36. The lowest BCUT2D eigenvalue weighted by molar-refractivity contribution is 0.478. The van der Waals surface area contributed by atoms with E-state index in [1.807, 2.05) is 19.1 Å². The second-order valence-corrected chi connectivity index (χ2v) is 4.76. The standard InChI is InChI=1S/C13H12ClFN2OS/c1-8-2-4-10(18-8)7-16-13(19)17-9-3-5-12(15)11(14)6-9/h2-6H,7H2,1H3,(H2,16,17,19). The van der Waals surface area contributed by atoms with Crippen LogP contribution in [0.4, 0.5) is 10.1 Å². The van der Waals surface area contributed by atoms with Crippen LogP contribution in [0, 0.1) is 12.7 Å². The average molecular weight is 299 g/mol. The van der Waals surface area contributed by atoms with Gasteiger partial charge in [-0.1, -0.05) is 11.6 Å². The van der Waals surface area contributed by atoms with Gasteiger partial charge in [0.25, 0.3) is 0 Å². The van der Waals surface area contributed by atoms with Gasteiger partial charge >= 0.3 is 0 Å². The Bertz CT molecular complexity index is 600. The second kappa shape index (κ2) is 6.04. The van der Waals surface area contributed by atoms with Crippen LogP contribution in [0.15, 0.2) is 34.7 Å². The number of rotatable bonds is 3. The number of anilines is 1. The Labute approximate surface area is 120 Å². The van der Waals surface area contributed by atoms with Crippen LogP contribution in [0.2, 0.25) is 5.02 Å². The summed E-state index contributed by atoms with van der Waals surface area (Å²) in [6.45, 7) is 2.36. The summed E-state index contributed by atoms with van der Waals surface area (Å²) in [4.78, 5) is 0. The van der Waals surface area contributed by atoms with E-state index < -0.39 is 5.82 Å². The zero-order chi connectivity index (χ0) is 13.8. The number of halogens is 2. The van der Waals surface area contributed by atoms with E-state index in [9.17, 15) is 4.39 Å². The van der Waals surface area contributed by atoms with Crippen LogP contribution >= 0.6 is 23.8 Å². The van der Waals surface area contributed by atoms with Crippen LogP contribution < -0.4 is 10.6 Å². The van der Waals surface area contributed by atoms with E-state index in [1.54, 1.807) is 6.07 Å². The van der Waals surface area contributed by atoms with E-state index in [1.165, 1.54) is 12.1 Å². The van der Waals surface area contributed by atoms with Gasteiger partial charge in [0.2, 0.25) is 0 Å². The monoisotopic (exact) mass is 298 g/mol. The van der Waals surface area contributed by atoms with Gasteiger partial charge in [-0.15, -0.1) is 0 Å². The Morgan fingerprint density at radius 3 is 2.79 bits per heavy atom. The third-order valence-electron chi connectivity index (χ3n) is 2.40. The van der Waals surface area contributed by atoms with Crippen LogP contribution in [0.5, 0.6) is 0 Å². The Kier molecular flexibility index (Phi) is 4.39. The molecular weight excluding hydrogens is 287 g/mol. The summed E-state index contributed by atoms with van der Waals surface area (Å²) in [5.41, 5.74) is 0.625. The molecule has 19 heavy (non-hydrogen) atoms. The smallest absolute Gasteiger partial charge is 0.171 e. The number of hydrogen-bond donors (Lipinski definition) is 2. The maximum absolute atomic E-state index is 13.0. The van der Waals surface area contributed by atoms with Gasteiger partial charge < -0.3 is 15.1 Å². The molecule has 2 aromatic rings. The molecule has 0 bridgehead atoms. The summed E-state index contributed by atoms with van der Waals surface area (Å²) in [5.74, 6) is 1.18. The van der Waals surface area contributed by atoms with Gasteiger partial charge in [-0.25, -0.2) is 4.39 Å². The van der Waals surface area contributed by atoms with Gasteiger partial charge in [0, 0.05) is 5.69 Å². The zero-order valence-electron chi connectivity index (χ0n) is 10.2. The van der Waals surface area contributed by atoms with E-state index >= 15 is 0 Å². The molecule has 6 heteroatoms. The zero-order valence-corrected chi connectivity index (χ0v) is 11.7. The SMILES string of the molecule is Cc1ccc(CNC(=S)Nc2ccc(F)c(Cl)c2)o1. The number of furan rings is 1. The van der Waals surface area contributed by atoms with Crippen molar-refractivity contribution in [3.8, 4) is 0 Å². The van der Waals surface area contributed by atoms with E-state index in [2.05, 4.69) is 10.6 Å². The molecule has 0 aliphatic carbocycles. The predicted molar refractivity (Wildman–Crippen MR) is 77.9 cm³/mol. The molecule has 1 heterocycles. The molecule has 2 N–H and O–H groups in total. The first-order chi connectivity index (χ1) is 9.04. The number of aryl methyl sites for hydroxylation is 1. The van der Waals surface area contributed by atoms with Crippen LogP contribution in [0.25, 0.3) is 0 Å². The van der Waals surface area contributed by atoms with Gasteiger partial charge in [-0.2, -0.15) is 0 Å². The number of benzene rings is 1. The quantitative estimate of drug-likeness (QED) is 0.844. The first kappa shape index (κ1) is 13.8. The summed E-state index contributed by atoms with van der Waals surface area (Å²) >= 11 is 10.8. The van der Waals surface area contributed by atoms with Gasteiger partial charge in [-0.05, 0) is 49.5 Å². The van der Waals surface area contributed by atoms with Crippen molar-refractivity contribution in [3.05, 3.63) is 52.7 Å². The minimum absolute atomic E-state index is 0.0504. The van der Waals surface area contributed by atoms with Crippen molar-refractivity contribution in [2.75, 3.05) is 5.32 Å². The van der Waals surface area contributed by atoms with E-state index in [4.69, 9.17) is 28.2 Å². The van der Waals surface area contributed by atoms with Crippen LogP contribution in [0.1, 0.15) is 11.5 Å². The summed E-state index contributed by atoms with van der Waals surface area (Å²) < 4.78 is 18.4. The number of thiocarbonyl (C=S) groups is 1. The molecule has 0 saturated heterocycles. The van der Waals surface area contributed by atoms with E-state index in [-0.39, 0.29) is 5.02 Å². The molecular formula is C13H12ClFN2OS. The summed E-state index contributed by atoms with van der Waals surface area (Å²) in [6, 6.07) is 8.07.